The van der Waals surface area contributed by atoms with Crippen molar-refractivity contribution in [1.82, 2.24) is 0 Å². The molecule has 1 amide bonds. The Morgan fingerprint density at radius 3 is 2.95 bits per heavy atom. The maximum absolute atomic E-state index is 13.4. The zero-order chi connectivity index (χ0) is 14.5. The van der Waals surface area contributed by atoms with Crippen molar-refractivity contribution >= 4 is 22.9 Å². The summed E-state index contributed by atoms with van der Waals surface area (Å²) in [5.74, 6) is 4.90. The van der Waals surface area contributed by atoms with Crippen LogP contribution >= 0.6 is 11.3 Å². The van der Waals surface area contributed by atoms with Gasteiger partial charge in [-0.05, 0) is 36.1 Å². The van der Waals surface area contributed by atoms with E-state index in [2.05, 4.69) is 17.2 Å². The van der Waals surface area contributed by atoms with Crippen molar-refractivity contribution in [2.24, 2.45) is 5.73 Å². The predicted octanol–water partition coefficient (Wildman–Crippen LogP) is 2.76. The third kappa shape index (κ3) is 3.23. The van der Waals surface area contributed by atoms with Crippen LogP contribution in [0.1, 0.15) is 20.8 Å². The number of aryl methyl sites for hydroxylation is 1. The van der Waals surface area contributed by atoms with E-state index in [1.54, 1.807) is 30.5 Å². The van der Waals surface area contributed by atoms with Crippen molar-refractivity contribution in [3.8, 4) is 11.8 Å². The Kier molecular flexibility index (Phi) is 4.51. The number of hydrogen-bond acceptors (Lipinski definition) is 3. The first-order valence-corrected chi connectivity index (χ1v) is 6.83. The summed E-state index contributed by atoms with van der Waals surface area (Å²) in [5.41, 5.74) is 6.90. The second-order valence-electron chi connectivity index (χ2n) is 4.09. The molecule has 3 nitrogen and oxygen atoms in total. The number of rotatable bonds is 2. The molecular weight excluding hydrogens is 275 g/mol. The van der Waals surface area contributed by atoms with Gasteiger partial charge in [-0.15, -0.1) is 11.3 Å². The summed E-state index contributed by atoms with van der Waals surface area (Å²) in [5, 5.41) is 4.44. The van der Waals surface area contributed by atoms with Gasteiger partial charge in [-0.1, -0.05) is 17.9 Å². The lowest BCUT2D eigenvalue weighted by Crippen LogP contribution is -2.11. The largest absolute Gasteiger partial charge is 0.321 e. The van der Waals surface area contributed by atoms with Crippen molar-refractivity contribution < 1.29 is 9.18 Å². The minimum atomic E-state index is -0.350. The maximum Gasteiger partial charge on any atom is 0.267 e. The molecule has 0 saturated heterocycles. The van der Waals surface area contributed by atoms with E-state index in [9.17, 15) is 9.18 Å². The third-order valence-electron chi connectivity index (χ3n) is 2.63. The molecule has 0 aliphatic heterocycles. The molecule has 0 aliphatic rings. The Morgan fingerprint density at radius 2 is 2.25 bits per heavy atom. The zero-order valence-corrected chi connectivity index (χ0v) is 11.7. The first-order chi connectivity index (χ1) is 9.61. The van der Waals surface area contributed by atoms with Gasteiger partial charge in [0.05, 0.1) is 6.54 Å². The summed E-state index contributed by atoms with van der Waals surface area (Å²) in [6.07, 6.45) is 0. The molecule has 5 heteroatoms. The molecule has 0 spiro atoms. The molecule has 102 valence electrons. The van der Waals surface area contributed by atoms with Crippen LogP contribution in [0.15, 0.2) is 29.6 Å². The van der Waals surface area contributed by atoms with Crippen LogP contribution in [0.2, 0.25) is 0 Å². The van der Waals surface area contributed by atoms with Gasteiger partial charge in [0.1, 0.15) is 10.7 Å². The van der Waals surface area contributed by atoms with Crippen LogP contribution in [0.3, 0.4) is 0 Å². The van der Waals surface area contributed by atoms with Crippen molar-refractivity contribution in [2.45, 2.75) is 6.92 Å². The highest BCUT2D eigenvalue weighted by Gasteiger charge is 2.12. The van der Waals surface area contributed by atoms with Crippen molar-refractivity contribution in [1.29, 1.82) is 0 Å². The predicted molar refractivity (Wildman–Crippen MR) is 79.3 cm³/mol. The van der Waals surface area contributed by atoms with Crippen LogP contribution in [-0.4, -0.2) is 12.5 Å². The van der Waals surface area contributed by atoms with E-state index in [0.717, 1.165) is 0 Å². The highest BCUT2D eigenvalue weighted by atomic mass is 32.1. The minimum absolute atomic E-state index is 0.236. The molecular formula is C15H13FN2OS. The second kappa shape index (κ2) is 6.33. The number of amides is 1. The zero-order valence-electron chi connectivity index (χ0n) is 10.9. The normalized spacial score (nSPS) is 9.75. The smallest absolute Gasteiger partial charge is 0.267 e. The fraction of sp³-hybridized carbons (Fsp3) is 0.133. The Labute approximate surface area is 120 Å². The van der Waals surface area contributed by atoms with Crippen LogP contribution in [0.25, 0.3) is 0 Å². The van der Waals surface area contributed by atoms with E-state index in [4.69, 9.17) is 5.73 Å². The monoisotopic (exact) mass is 288 g/mol. The Morgan fingerprint density at radius 1 is 1.45 bits per heavy atom. The van der Waals surface area contributed by atoms with E-state index in [1.165, 1.54) is 17.4 Å². The average Bonchev–Trinajstić information content (AvgIpc) is 2.89. The summed E-state index contributed by atoms with van der Waals surface area (Å²) in [6, 6.07) is 6.34. The number of nitrogens with one attached hydrogen (secondary N) is 1. The number of hydrogen-bond donors (Lipinski definition) is 2. The average molecular weight is 288 g/mol. The molecule has 1 aromatic heterocycles. The lowest BCUT2D eigenvalue weighted by molar-refractivity contribution is 0.103. The van der Waals surface area contributed by atoms with Gasteiger partial charge in [-0.3, -0.25) is 4.79 Å². The molecule has 0 atom stereocenters. The first-order valence-electron chi connectivity index (χ1n) is 5.95. The number of carbonyl (C=O) groups excluding carboxylic acids is 1. The molecule has 0 saturated carbocycles. The highest BCUT2D eigenvalue weighted by Crippen LogP contribution is 2.19. The van der Waals surface area contributed by atoms with E-state index in [1.807, 2.05) is 0 Å². The lowest BCUT2D eigenvalue weighted by Gasteiger charge is -2.05. The van der Waals surface area contributed by atoms with Gasteiger partial charge >= 0.3 is 0 Å². The standard InChI is InChI=1S/C15H13FN2OS/c1-10-4-5-12(9-13(10)16)18-15(19)14-11(3-2-7-17)6-8-20-14/h4-6,8-9H,7,17H2,1H3,(H,18,19). The molecule has 1 aromatic carbocycles. The quantitative estimate of drug-likeness (QED) is 0.835. The van der Waals surface area contributed by atoms with E-state index in [0.29, 0.717) is 21.7 Å². The van der Waals surface area contributed by atoms with Crippen molar-refractivity contribution in [3.05, 3.63) is 51.5 Å². The molecule has 0 radical (unpaired) electrons. The number of anilines is 1. The van der Waals surface area contributed by atoms with Crippen LogP contribution in [0.5, 0.6) is 0 Å². The number of nitrogens with two attached hydrogens (primary N) is 1. The molecule has 2 aromatic rings. The molecule has 0 fully saturated rings. The lowest BCUT2D eigenvalue weighted by atomic mass is 10.2. The maximum atomic E-state index is 13.4. The minimum Gasteiger partial charge on any atom is -0.321 e. The number of halogens is 1. The second-order valence-corrected chi connectivity index (χ2v) is 5.00. The van der Waals surface area contributed by atoms with Gasteiger partial charge in [0.25, 0.3) is 5.91 Å². The van der Waals surface area contributed by atoms with Crippen molar-refractivity contribution in [2.75, 3.05) is 11.9 Å². The van der Waals surface area contributed by atoms with Crippen LogP contribution in [0.4, 0.5) is 10.1 Å². The Bertz CT molecular complexity index is 697. The van der Waals surface area contributed by atoms with Gasteiger partial charge in [-0.25, -0.2) is 4.39 Å². The van der Waals surface area contributed by atoms with Gasteiger partial charge in [0, 0.05) is 11.3 Å². The first kappa shape index (κ1) is 14.3. The highest BCUT2D eigenvalue weighted by molar-refractivity contribution is 7.12. The Hall–Kier alpha value is -2.16. The van der Waals surface area contributed by atoms with Crippen molar-refractivity contribution in [3.63, 3.8) is 0 Å². The topological polar surface area (TPSA) is 55.1 Å². The van der Waals surface area contributed by atoms with E-state index < -0.39 is 0 Å². The van der Waals surface area contributed by atoms with Crippen LogP contribution in [-0.2, 0) is 0 Å². The number of carbonyl (C=O) groups is 1. The number of thiophene rings is 1. The molecule has 0 unspecified atom stereocenters. The SMILES string of the molecule is Cc1ccc(NC(=O)c2sccc2C#CCN)cc1F. The molecule has 20 heavy (non-hydrogen) atoms. The molecule has 0 bridgehead atoms. The van der Waals surface area contributed by atoms with E-state index >= 15 is 0 Å². The Balaban J connectivity index is 2.20. The fourth-order valence-electron chi connectivity index (χ4n) is 1.59. The van der Waals surface area contributed by atoms with Gasteiger partial charge < -0.3 is 11.1 Å². The summed E-state index contributed by atoms with van der Waals surface area (Å²) in [6.45, 7) is 1.90. The molecule has 1 heterocycles. The number of benzene rings is 1. The summed E-state index contributed by atoms with van der Waals surface area (Å²) in [4.78, 5) is 12.6. The molecule has 3 N–H and O–H groups in total. The van der Waals surface area contributed by atoms with Crippen LogP contribution < -0.4 is 11.1 Å². The summed E-state index contributed by atoms with van der Waals surface area (Å²) < 4.78 is 13.4. The summed E-state index contributed by atoms with van der Waals surface area (Å²) >= 11 is 1.29. The van der Waals surface area contributed by atoms with Crippen LogP contribution in [0, 0.1) is 24.6 Å². The fourth-order valence-corrected chi connectivity index (χ4v) is 2.33. The molecule has 2 rings (SSSR count). The van der Waals surface area contributed by atoms with Gasteiger partial charge in [0.15, 0.2) is 0 Å². The van der Waals surface area contributed by atoms with E-state index in [-0.39, 0.29) is 18.3 Å². The van der Waals surface area contributed by atoms with Gasteiger partial charge in [-0.2, -0.15) is 0 Å². The molecule has 0 aliphatic carbocycles. The summed E-state index contributed by atoms with van der Waals surface area (Å²) in [7, 11) is 0. The van der Waals surface area contributed by atoms with Gasteiger partial charge in [0.2, 0.25) is 0 Å². The third-order valence-corrected chi connectivity index (χ3v) is 3.54.